The Bertz CT molecular complexity index is 388. The van der Waals surface area contributed by atoms with Crippen molar-refractivity contribution in [1.82, 2.24) is 5.32 Å². The highest BCUT2D eigenvalue weighted by Crippen LogP contribution is 2.28. The minimum absolute atomic E-state index is 0.205. The fourth-order valence-corrected chi connectivity index (χ4v) is 3.15. The molecule has 2 nitrogen and oxygen atoms in total. The van der Waals surface area contributed by atoms with Crippen molar-refractivity contribution in [2.75, 3.05) is 6.61 Å². The van der Waals surface area contributed by atoms with E-state index in [2.05, 4.69) is 63.3 Å². The zero-order chi connectivity index (χ0) is 13.9. The van der Waals surface area contributed by atoms with Crippen LogP contribution in [0.2, 0.25) is 0 Å². The quantitative estimate of drug-likeness (QED) is 0.876. The van der Waals surface area contributed by atoms with Crippen molar-refractivity contribution >= 4 is 0 Å². The van der Waals surface area contributed by atoms with Crippen molar-refractivity contribution in [3.63, 3.8) is 0 Å². The first-order valence-electron chi connectivity index (χ1n) is 7.42. The van der Waals surface area contributed by atoms with Crippen LogP contribution in [0.4, 0.5) is 0 Å². The van der Waals surface area contributed by atoms with Crippen LogP contribution >= 0.6 is 0 Å². The highest BCUT2D eigenvalue weighted by Gasteiger charge is 2.28. The van der Waals surface area contributed by atoms with E-state index in [0.29, 0.717) is 18.2 Å². The Hall–Kier alpha value is -0.860. The Morgan fingerprint density at radius 1 is 1.32 bits per heavy atom. The van der Waals surface area contributed by atoms with Gasteiger partial charge in [0.15, 0.2) is 0 Å². The number of nitrogens with one attached hydrogen (secondary N) is 1. The predicted molar refractivity (Wildman–Crippen MR) is 80.5 cm³/mol. The van der Waals surface area contributed by atoms with Crippen molar-refractivity contribution in [3.05, 3.63) is 35.9 Å². The number of ether oxygens (including phenoxy) is 1. The first kappa shape index (κ1) is 14.5. The molecule has 1 aromatic carbocycles. The van der Waals surface area contributed by atoms with Gasteiger partial charge in [-0.3, -0.25) is 0 Å². The molecule has 1 saturated heterocycles. The van der Waals surface area contributed by atoms with Gasteiger partial charge in [0, 0.05) is 18.7 Å². The molecule has 2 rings (SSSR count). The molecule has 0 aliphatic carbocycles. The average Bonchev–Trinajstić information content (AvgIpc) is 2.75. The van der Waals surface area contributed by atoms with E-state index in [9.17, 15) is 0 Å². The Balaban J connectivity index is 1.92. The van der Waals surface area contributed by atoms with E-state index < -0.39 is 0 Å². The Labute approximate surface area is 117 Å². The molecule has 3 atom stereocenters. The van der Waals surface area contributed by atoms with Gasteiger partial charge < -0.3 is 10.1 Å². The van der Waals surface area contributed by atoms with E-state index in [1.165, 1.54) is 5.56 Å². The summed E-state index contributed by atoms with van der Waals surface area (Å²) in [5, 5.41) is 3.73. The lowest BCUT2D eigenvalue weighted by Gasteiger charge is -2.31. The third kappa shape index (κ3) is 3.80. The van der Waals surface area contributed by atoms with Crippen molar-refractivity contribution < 1.29 is 4.74 Å². The average molecular weight is 261 g/mol. The van der Waals surface area contributed by atoms with Gasteiger partial charge in [0.05, 0.1) is 6.10 Å². The van der Waals surface area contributed by atoms with E-state index in [0.717, 1.165) is 19.4 Å². The molecule has 2 heteroatoms. The van der Waals surface area contributed by atoms with Gasteiger partial charge in [-0.1, -0.05) is 44.2 Å². The molecule has 106 valence electrons. The third-order valence-corrected chi connectivity index (χ3v) is 4.25. The lowest BCUT2D eigenvalue weighted by atomic mass is 9.79. The monoisotopic (exact) mass is 261 g/mol. The van der Waals surface area contributed by atoms with Gasteiger partial charge in [-0.25, -0.2) is 0 Å². The van der Waals surface area contributed by atoms with E-state index in [1.807, 2.05) is 0 Å². The summed E-state index contributed by atoms with van der Waals surface area (Å²) >= 11 is 0. The zero-order valence-corrected chi connectivity index (χ0v) is 12.6. The zero-order valence-electron chi connectivity index (χ0n) is 12.6. The summed E-state index contributed by atoms with van der Waals surface area (Å²) in [4.78, 5) is 0. The number of benzene rings is 1. The summed E-state index contributed by atoms with van der Waals surface area (Å²) in [6, 6.07) is 11.8. The van der Waals surface area contributed by atoms with Crippen LogP contribution in [0.5, 0.6) is 0 Å². The van der Waals surface area contributed by atoms with Crippen LogP contribution in [-0.2, 0) is 10.2 Å². The molecule has 1 N–H and O–H groups in total. The Morgan fingerprint density at radius 3 is 2.58 bits per heavy atom. The van der Waals surface area contributed by atoms with Crippen molar-refractivity contribution in [2.45, 2.75) is 64.1 Å². The second-order valence-electron chi connectivity index (χ2n) is 6.49. The van der Waals surface area contributed by atoms with Crippen LogP contribution < -0.4 is 5.32 Å². The Kier molecular flexibility index (Phi) is 4.64. The molecule has 19 heavy (non-hydrogen) atoms. The fourth-order valence-electron chi connectivity index (χ4n) is 3.15. The van der Waals surface area contributed by atoms with Crippen LogP contribution in [0.15, 0.2) is 30.3 Å². The molecule has 0 amide bonds. The second-order valence-corrected chi connectivity index (χ2v) is 6.49. The Morgan fingerprint density at radius 2 is 2.00 bits per heavy atom. The van der Waals surface area contributed by atoms with Crippen LogP contribution in [0.25, 0.3) is 0 Å². The van der Waals surface area contributed by atoms with Crippen LogP contribution in [0.1, 0.15) is 46.1 Å². The van der Waals surface area contributed by atoms with E-state index in [-0.39, 0.29) is 5.41 Å². The lowest BCUT2D eigenvalue weighted by Crippen LogP contribution is -2.43. The largest absolute Gasteiger partial charge is 0.377 e. The topological polar surface area (TPSA) is 21.3 Å². The van der Waals surface area contributed by atoms with Gasteiger partial charge in [-0.2, -0.15) is 0 Å². The molecule has 1 aliphatic heterocycles. The molecule has 0 bridgehead atoms. The third-order valence-electron chi connectivity index (χ3n) is 4.25. The molecule has 1 aliphatic rings. The standard InChI is InChI=1S/C17H27NO/c1-13(18-16-10-11-19-14(16)2)12-17(3,4)15-8-6-5-7-9-15/h5-9,13-14,16,18H,10-12H2,1-4H3. The van der Waals surface area contributed by atoms with Crippen LogP contribution in [-0.4, -0.2) is 24.8 Å². The number of rotatable bonds is 5. The molecule has 0 aromatic heterocycles. The van der Waals surface area contributed by atoms with Gasteiger partial charge in [0.2, 0.25) is 0 Å². The van der Waals surface area contributed by atoms with Crippen molar-refractivity contribution in [1.29, 1.82) is 0 Å². The smallest absolute Gasteiger partial charge is 0.0700 e. The van der Waals surface area contributed by atoms with E-state index in [1.54, 1.807) is 0 Å². The molecule has 1 aromatic rings. The first-order valence-corrected chi connectivity index (χ1v) is 7.42. The maximum Gasteiger partial charge on any atom is 0.0700 e. The highest BCUT2D eigenvalue weighted by atomic mass is 16.5. The molecule has 0 radical (unpaired) electrons. The normalized spacial score (nSPS) is 25.5. The summed E-state index contributed by atoms with van der Waals surface area (Å²) in [5.74, 6) is 0. The minimum atomic E-state index is 0.205. The van der Waals surface area contributed by atoms with E-state index in [4.69, 9.17) is 4.74 Å². The molecule has 3 unspecified atom stereocenters. The maximum atomic E-state index is 5.62. The van der Waals surface area contributed by atoms with Gasteiger partial charge in [-0.15, -0.1) is 0 Å². The van der Waals surface area contributed by atoms with Crippen LogP contribution in [0.3, 0.4) is 0 Å². The highest BCUT2D eigenvalue weighted by molar-refractivity contribution is 5.23. The van der Waals surface area contributed by atoms with Crippen LogP contribution in [0, 0.1) is 0 Å². The second kappa shape index (κ2) is 6.06. The molecule has 1 fully saturated rings. The minimum Gasteiger partial charge on any atom is -0.377 e. The molecular formula is C17H27NO. The molecule has 0 saturated carbocycles. The summed E-state index contributed by atoms with van der Waals surface area (Å²) in [6.45, 7) is 10.0. The van der Waals surface area contributed by atoms with Crippen molar-refractivity contribution in [2.24, 2.45) is 0 Å². The SMILES string of the molecule is CC(CC(C)(C)c1ccccc1)NC1CCOC1C. The fraction of sp³-hybridized carbons (Fsp3) is 0.647. The molecule has 0 spiro atoms. The van der Waals surface area contributed by atoms with Gasteiger partial charge in [0.1, 0.15) is 0 Å². The predicted octanol–water partition coefficient (Wildman–Crippen LogP) is 3.51. The molecular weight excluding hydrogens is 234 g/mol. The summed E-state index contributed by atoms with van der Waals surface area (Å²) in [6.07, 6.45) is 2.62. The summed E-state index contributed by atoms with van der Waals surface area (Å²) in [7, 11) is 0. The summed E-state index contributed by atoms with van der Waals surface area (Å²) < 4.78 is 5.62. The van der Waals surface area contributed by atoms with E-state index >= 15 is 0 Å². The summed E-state index contributed by atoms with van der Waals surface area (Å²) in [5.41, 5.74) is 1.62. The van der Waals surface area contributed by atoms with Gasteiger partial charge >= 0.3 is 0 Å². The lowest BCUT2D eigenvalue weighted by molar-refractivity contribution is 0.110. The molecule has 1 heterocycles. The number of hydrogen-bond acceptors (Lipinski definition) is 2. The first-order chi connectivity index (χ1) is 8.99. The van der Waals surface area contributed by atoms with Crippen molar-refractivity contribution in [3.8, 4) is 0 Å². The van der Waals surface area contributed by atoms with Gasteiger partial charge in [0.25, 0.3) is 0 Å². The number of hydrogen-bond donors (Lipinski definition) is 1. The van der Waals surface area contributed by atoms with Gasteiger partial charge in [-0.05, 0) is 37.7 Å². The maximum absolute atomic E-state index is 5.62.